The molecular weight excluding hydrogens is 612 g/mol. The van der Waals surface area contributed by atoms with Gasteiger partial charge in [0.15, 0.2) is 0 Å². The highest BCUT2D eigenvalue weighted by molar-refractivity contribution is 6.31. The molecule has 9 nitrogen and oxygen atoms in total. The van der Waals surface area contributed by atoms with Crippen LogP contribution in [0.1, 0.15) is 33.0 Å². The van der Waals surface area contributed by atoms with Crippen LogP contribution in [0.25, 0.3) is 0 Å². The quantitative estimate of drug-likeness (QED) is 0.239. The molecule has 4 aromatic carbocycles. The molecule has 1 fully saturated rings. The van der Waals surface area contributed by atoms with Crippen LogP contribution >= 0.6 is 11.6 Å². The van der Waals surface area contributed by atoms with Crippen LogP contribution in [-0.2, 0) is 16.1 Å². The molecule has 6 rings (SSSR count). The maximum atomic E-state index is 13.4. The van der Waals surface area contributed by atoms with Gasteiger partial charge in [-0.25, -0.2) is 0 Å². The van der Waals surface area contributed by atoms with E-state index in [1.807, 2.05) is 72.8 Å². The molecule has 10 heteroatoms. The number of amides is 3. The summed E-state index contributed by atoms with van der Waals surface area (Å²) in [4.78, 5) is 50.1. The fraction of sp³-hybridized carbons (Fsp3) is 0.243. The largest absolute Gasteiger partial charge is 0.348 e. The third-order valence-corrected chi connectivity index (χ3v) is 8.91. The Labute approximate surface area is 279 Å². The van der Waals surface area contributed by atoms with Crippen molar-refractivity contribution in [2.45, 2.75) is 12.5 Å². The molecule has 240 valence electrons. The monoisotopic (exact) mass is 648 g/mol. The molecule has 0 aromatic heterocycles. The zero-order chi connectivity index (χ0) is 32.9. The predicted molar refractivity (Wildman–Crippen MR) is 187 cm³/mol. The zero-order valence-electron chi connectivity index (χ0n) is 26.4. The molecule has 0 bridgehead atoms. The molecule has 2 aliphatic rings. The van der Waals surface area contributed by atoms with Crippen LogP contribution < -0.4 is 15.5 Å². The number of halogens is 1. The van der Waals surface area contributed by atoms with Gasteiger partial charge in [0.1, 0.15) is 5.92 Å². The maximum Gasteiger partial charge on any atom is 0.251 e. The smallest absolute Gasteiger partial charge is 0.251 e. The van der Waals surface area contributed by atoms with Gasteiger partial charge in [0, 0.05) is 61.7 Å². The molecule has 1 unspecified atom stereocenters. The molecule has 0 saturated carbocycles. The maximum absolute atomic E-state index is 13.4. The Morgan fingerprint density at radius 1 is 0.915 bits per heavy atom. The van der Waals surface area contributed by atoms with Crippen molar-refractivity contribution in [3.8, 4) is 0 Å². The molecule has 0 spiro atoms. The van der Waals surface area contributed by atoms with Crippen molar-refractivity contribution in [3.05, 3.63) is 124 Å². The van der Waals surface area contributed by atoms with Crippen molar-refractivity contribution in [2.75, 3.05) is 57.0 Å². The molecule has 0 radical (unpaired) electrons. The number of anilines is 2. The number of carbonyl (C=O) groups excluding carboxylic acids is 3. The average molecular weight is 649 g/mol. The Kier molecular flexibility index (Phi) is 9.77. The SMILES string of the molecule is CN1CCN(CC(=O)N(C)c2ccc(N=C(c3ccc(CNC(=O)c4ccccc4)cc3)C3C(=O)Nc4cc(Cl)ccc43)cc2)CC1. The second-order valence-corrected chi connectivity index (χ2v) is 12.4. The van der Waals surface area contributed by atoms with Crippen molar-refractivity contribution >= 4 is 52.1 Å². The fourth-order valence-electron chi connectivity index (χ4n) is 5.81. The van der Waals surface area contributed by atoms with Gasteiger partial charge in [-0.3, -0.25) is 24.3 Å². The van der Waals surface area contributed by atoms with Crippen molar-refractivity contribution in [3.63, 3.8) is 0 Å². The van der Waals surface area contributed by atoms with E-state index in [4.69, 9.17) is 16.6 Å². The summed E-state index contributed by atoms with van der Waals surface area (Å²) in [6.45, 7) is 4.39. The highest BCUT2D eigenvalue weighted by Crippen LogP contribution is 2.38. The topological polar surface area (TPSA) is 97.3 Å². The Morgan fingerprint density at radius 3 is 2.32 bits per heavy atom. The van der Waals surface area contributed by atoms with Gasteiger partial charge >= 0.3 is 0 Å². The van der Waals surface area contributed by atoms with Crippen LogP contribution in [0, 0.1) is 0 Å². The van der Waals surface area contributed by atoms with Crippen molar-refractivity contribution in [1.29, 1.82) is 0 Å². The van der Waals surface area contributed by atoms with Crippen LogP contribution in [0.15, 0.2) is 102 Å². The average Bonchev–Trinajstić information content (AvgIpc) is 3.41. The number of rotatable bonds is 9. The van der Waals surface area contributed by atoms with Gasteiger partial charge in [-0.2, -0.15) is 0 Å². The number of nitrogens with zero attached hydrogens (tertiary/aromatic N) is 4. The number of likely N-dealkylation sites (N-methyl/N-ethyl adjacent to an activating group) is 2. The molecule has 1 atom stereocenters. The van der Waals surface area contributed by atoms with Crippen molar-refractivity contribution in [1.82, 2.24) is 15.1 Å². The third-order valence-electron chi connectivity index (χ3n) is 8.67. The summed E-state index contributed by atoms with van der Waals surface area (Å²) in [5.74, 6) is -0.959. The number of hydrogen-bond acceptors (Lipinski definition) is 6. The lowest BCUT2D eigenvalue weighted by Crippen LogP contribution is -2.48. The summed E-state index contributed by atoms with van der Waals surface area (Å²) in [5.41, 5.74) is 5.74. The number of nitrogens with one attached hydrogen (secondary N) is 2. The van der Waals surface area contributed by atoms with Crippen LogP contribution in [-0.4, -0.2) is 80.1 Å². The van der Waals surface area contributed by atoms with Gasteiger partial charge in [0.25, 0.3) is 5.91 Å². The van der Waals surface area contributed by atoms with E-state index < -0.39 is 5.92 Å². The van der Waals surface area contributed by atoms with Gasteiger partial charge in [0.05, 0.1) is 17.9 Å². The van der Waals surface area contributed by atoms with E-state index in [9.17, 15) is 14.4 Å². The normalized spacial score (nSPS) is 16.8. The van der Waals surface area contributed by atoms with E-state index in [2.05, 4.69) is 27.5 Å². The van der Waals surface area contributed by atoms with E-state index >= 15 is 0 Å². The lowest BCUT2D eigenvalue weighted by atomic mass is 9.90. The standard InChI is InChI=1S/C37H37ClN6O3/c1-42-18-20-44(21-19-42)24-33(45)43(2)30-15-13-29(14-16-30)40-35(34-31-17-12-28(38)22-32(31)41-37(34)47)26-10-8-25(9-11-26)23-39-36(46)27-6-4-3-5-7-27/h3-17,22,34H,18-21,23-24H2,1-2H3,(H,39,46)(H,41,47). The molecule has 3 amide bonds. The molecule has 2 heterocycles. The molecule has 2 N–H and O–H groups in total. The first kappa shape index (κ1) is 32.1. The molecule has 0 aliphatic carbocycles. The first-order valence-electron chi connectivity index (χ1n) is 15.6. The first-order valence-corrected chi connectivity index (χ1v) is 16.0. The Bertz CT molecular complexity index is 1790. The second kappa shape index (κ2) is 14.3. The van der Waals surface area contributed by atoms with Crippen LogP contribution in [0.2, 0.25) is 5.02 Å². The minimum atomic E-state index is -0.654. The summed E-state index contributed by atoms with van der Waals surface area (Å²) < 4.78 is 0. The van der Waals surface area contributed by atoms with Crippen LogP contribution in [0.3, 0.4) is 0 Å². The Balaban J connectivity index is 1.23. The van der Waals surface area contributed by atoms with E-state index in [1.165, 1.54) is 0 Å². The predicted octanol–water partition coefficient (Wildman–Crippen LogP) is 5.34. The van der Waals surface area contributed by atoms with Gasteiger partial charge in [0.2, 0.25) is 11.8 Å². The number of benzene rings is 4. The molecule has 4 aromatic rings. The number of hydrogen-bond donors (Lipinski definition) is 2. The van der Waals surface area contributed by atoms with E-state index in [0.29, 0.717) is 40.8 Å². The van der Waals surface area contributed by atoms with Crippen LogP contribution in [0.4, 0.5) is 17.1 Å². The Morgan fingerprint density at radius 2 is 1.62 bits per heavy atom. The van der Waals surface area contributed by atoms with E-state index in [1.54, 1.807) is 36.2 Å². The van der Waals surface area contributed by atoms with E-state index in [-0.39, 0.29) is 17.7 Å². The number of carbonyl (C=O) groups is 3. The number of fused-ring (bicyclic) bond motifs is 1. The third kappa shape index (κ3) is 7.60. The highest BCUT2D eigenvalue weighted by Gasteiger charge is 2.35. The minimum Gasteiger partial charge on any atom is -0.348 e. The van der Waals surface area contributed by atoms with E-state index in [0.717, 1.165) is 48.6 Å². The van der Waals surface area contributed by atoms with Crippen molar-refractivity contribution < 1.29 is 14.4 Å². The Hall–Kier alpha value is -4.83. The summed E-state index contributed by atoms with van der Waals surface area (Å²) >= 11 is 6.23. The number of aliphatic imine (C=N–C) groups is 1. The molecule has 2 aliphatic heterocycles. The number of piperazine rings is 1. The van der Waals surface area contributed by atoms with Crippen molar-refractivity contribution in [2.24, 2.45) is 4.99 Å². The summed E-state index contributed by atoms with van der Waals surface area (Å²) in [7, 11) is 3.88. The van der Waals surface area contributed by atoms with Gasteiger partial charge in [-0.1, -0.05) is 60.1 Å². The highest BCUT2D eigenvalue weighted by atomic mass is 35.5. The second-order valence-electron chi connectivity index (χ2n) is 11.9. The van der Waals surface area contributed by atoms with Gasteiger partial charge in [-0.05, 0) is 72.3 Å². The lowest BCUT2D eigenvalue weighted by molar-refractivity contribution is -0.120. The minimum absolute atomic E-state index is 0.0319. The van der Waals surface area contributed by atoms with Crippen LogP contribution in [0.5, 0.6) is 0 Å². The molecule has 1 saturated heterocycles. The summed E-state index contributed by atoms with van der Waals surface area (Å²) in [6, 6.07) is 29.6. The van der Waals surface area contributed by atoms with Gasteiger partial charge in [-0.15, -0.1) is 0 Å². The molecule has 47 heavy (non-hydrogen) atoms. The fourth-order valence-corrected chi connectivity index (χ4v) is 5.98. The van der Waals surface area contributed by atoms with Gasteiger partial charge < -0.3 is 20.4 Å². The summed E-state index contributed by atoms with van der Waals surface area (Å²) in [6.07, 6.45) is 0. The molecular formula is C37H37ClN6O3. The zero-order valence-corrected chi connectivity index (χ0v) is 27.2. The lowest BCUT2D eigenvalue weighted by Gasteiger charge is -2.32. The first-order chi connectivity index (χ1) is 22.7. The summed E-state index contributed by atoms with van der Waals surface area (Å²) in [5, 5.41) is 6.44.